The summed E-state index contributed by atoms with van der Waals surface area (Å²) in [4.78, 5) is 14.3. The number of nitrogens with zero attached hydrogens (tertiary/aromatic N) is 1. The van der Waals surface area contributed by atoms with Crippen molar-refractivity contribution in [2.75, 3.05) is 26.0 Å². The van der Waals surface area contributed by atoms with Crippen LogP contribution in [0, 0.1) is 5.82 Å². The van der Waals surface area contributed by atoms with E-state index < -0.39 is 5.82 Å². The van der Waals surface area contributed by atoms with Gasteiger partial charge in [0, 0.05) is 25.4 Å². The van der Waals surface area contributed by atoms with E-state index in [1.165, 1.54) is 18.2 Å². The molecule has 0 unspecified atom stereocenters. The molecule has 0 aliphatic carbocycles. The summed E-state index contributed by atoms with van der Waals surface area (Å²) in [6.45, 7) is 4.96. The Morgan fingerprint density at radius 1 is 1.40 bits per heavy atom. The Balaban J connectivity index is 3.05. The fourth-order valence-corrected chi connectivity index (χ4v) is 2.24. The Kier molecular flexibility index (Phi) is 6.45. The van der Waals surface area contributed by atoms with Crippen LogP contribution in [-0.2, 0) is 4.74 Å². The first-order chi connectivity index (χ1) is 9.54. The van der Waals surface area contributed by atoms with Crippen LogP contribution < -0.4 is 5.73 Å². The molecule has 0 atom stereocenters. The number of amides is 1. The van der Waals surface area contributed by atoms with Gasteiger partial charge in [-0.25, -0.2) is 4.39 Å². The Hall–Kier alpha value is -1.62. The molecule has 112 valence electrons. The fraction of sp³-hybridized carbons (Fsp3) is 0.533. The summed E-state index contributed by atoms with van der Waals surface area (Å²) in [5, 5.41) is 0. The highest BCUT2D eigenvalue weighted by Gasteiger charge is 2.24. The van der Waals surface area contributed by atoms with Gasteiger partial charge in [0.15, 0.2) is 0 Å². The molecule has 0 aromatic heterocycles. The highest BCUT2D eigenvalue weighted by atomic mass is 19.1. The second-order valence-electron chi connectivity index (χ2n) is 4.69. The van der Waals surface area contributed by atoms with Crippen molar-refractivity contribution < 1.29 is 13.9 Å². The van der Waals surface area contributed by atoms with Crippen LogP contribution in [0.4, 0.5) is 10.1 Å². The molecule has 0 saturated heterocycles. The zero-order valence-electron chi connectivity index (χ0n) is 12.4. The topological polar surface area (TPSA) is 55.6 Å². The van der Waals surface area contributed by atoms with Gasteiger partial charge in [-0.05, 0) is 31.0 Å². The number of nitrogens with two attached hydrogens (primary N) is 1. The maximum Gasteiger partial charge on any atom is 0.256 e. The van der Waals surface area contributed by atoms with E-state index in [-0.39, 0.29) is 17.5 Å². The van der Waals surface area contributed by atoms with Crippen molar-refractivity contribution in [2.24, 2.45) is 0 Å². The monoisotopic (exact) mass is 282 g/mol. The van der Waals surface area contributed by atoms with Crippen LogP contribution in [-0.4, -0.2) is 37.1 Å². The quantitative estimate of drug-likeness (QED) is 0.782. The zero-order valence-corrected chi connectivity index (χ0v) is 12.4. The van der Waals surface area contributed by atoms with Crippen LogP contribution in [0.1, 0.15) is 37.0 Å². The Bertz CT molecular complexity index is 447. The summed E-state index contributed by atoms with van der Waals surface area (Å²) in [6, 6.07) is 3.97. The van der Waals surface area contributed by atoms with Gasteiger partial charge in [-0.15, -0.1) is 0 Å². The number of nitrogen functional groups attached to an aromatic ring is 1. The average molecular weight is 282 g/mol. The predicted octanol–water partition coefficient (Wildman–Crippen LogP) is 2.69. The normalized spacial score (nSPS) is 10.8. The Morgan fingerprint density at radius 3 is 2.60 bits per heavy atom. The molecule has 0 heterocycles. The molecule has 1 aromatic rings. The second kappa shape index (κ2) is 7.85. The number of ether oxygens (including phenoxy) is 1. The molecule has 0 saturated carbocycles. The fourth-order valence-electron chi connectivity index (χ4n) is 2.24. The van der Waals surface area contributed by atoms with Crippen molar-refractivity contribution in [2.45, 2.75) is 32.7 Å². The Labute approximate surface area is 119 Å². The molecule has 0 bridgehead atoms. The first kappa shape index (κ1) is 16.4. The average Bonchev–Trinajstić information content (AvgIpc) is 2.45. The standard InChI is InChI=1S/C15H23FN2O2/c1-4-12(5-2)18(8-9-20-3)15(19)13-10-11(16)6-7-14(13)17/h6-7,10,12H,4-5,8-9,17H2,1-3H3. The third kappa shape index (κ3) is 3.93. The summed E-state index contributed by atoms with van der Waals surface area (Å²) in [5.41, 5.74) is 6.31. The minimum atomic E-state index is -0.459. The van der Waals surface area contributed by atoms with Crippen LogP contribution in [0.25, 0.3) is 0 Å². The first-order valence-corrected chi connectivity index (χ1v) is 6.90. The molecule has 0 aliphatic rings. The highest BCUT2D eigenvalue weighted by Crippen LogP contribution is 2.19. The number of methoxy groups -OCH3 is 1. The van der Waals surface area contributed by atoms with Gasteiger partial charge >= 0.3 is 0 Å². The van der Waals surface area contributed by atoms with Crippen molar-refractivity contribution >= 4 is 11.6 Å². The Morgan fingerprint density at radius 2 is 2.05 bits per heavy atom. The van der Waals surface area contributed by atoms with Gasteiger partial charge in [0.1, 0.15) is 5.82 Å². The molecule has 20 heavy (non-hydrogen) atoms. The molecule has 5 heteroatoms. The van der Waals surface area contributed by atoms with Crippen LogP contribution in [0.5, 0.6) is 0 Å². The molecule has 1 aromatic carbocycles. The molecule has 0 radical (unpaired) electrons. The number of carbonyl (C=O) groups excluding carboxylic acids is 1. The zero-order chi connectivity index (χ0) is 15.1. The first-order valence-electron chi connectivity index (χ1n) is 6.90. The molecular formula is C15H23FN2O2. The van der Waals surface area contributed by atoms with Crippen LogP contribution in [0.3, 0.4) is 0 Å². The van der Waals surface area contributed by atoms with E-state index in [1.807, 2.05) is 13.8 Å². The summed E-state index contributed by atoms with van der Waals surface area (Å²) < 4.78 is 18.4. The molecule has 0 fully saturated rings. The van der Waals surface area contributed by atoms with Gasteiger partial charge in [0.25, 0.3) is 5.91 Å². The summed E-state index contributed by atoms with van der Waals surface area (Å²) >= 11 is 0. The van der Waals surface area contributed by atoms with Gasteiger partial charge in [0.05, 0.1) is 12.2 Å². The van der Waals surface area contributed by atoms with Crippen LogP contribution >= 0.6 is 0 Å². The van der Waals surface area contributed by atoms with Crippen LogP contribution in [0.15, 0.2) is 18.2 Å². The van der Waals surface area contributed by atoms with Crippen LogP contribution in [0.2, 0.25) is 0 Å². The minimum Gasteiger partial charge on any atom is -0.398 e. The van der Waals surface area contributed by atoms with Crippen molar-refractivity contribution in [3.8, 4) is 0 Å². The van der Waals surface area contributed by atoms with E-state index in [0.29, 0.717) is 18.8 Å². The number of rotatable bonds is 7. The molecule has 1 rings (SSSR count). The van der Waals surface area contributed by atoms with Gasteiger partial charge in [-0.2, -0.15) is 0 Å². The van der Waals surface area contributed by atoms with Gasteiger partial charge < -0.3 is 15.4 Å². The lowest BCUT2D eigenvalue weighted by atomic mass is 10.1. The lowest BCUT2D eigenvalue weighted by Gasteiger charge is -2.30. The van der Waals surface area contributed by atoms with E-state index >= 15 is 0 Å². The maximum atomic E-state index is 13.3. The van der Waals surface area contributed by atoms with Crippen molar-refractivity contribution in [1.82, 2.24) is 4.90 Å². The lowest BCUT2D eigenvalue weighted by Crippen LogP contribution is -2.42. The van der Waals surface area contributed by atoms with Crippen molar-refractivity contribution in [3.63, 3.8) is 0 Å². The molecule has 1 amide bonds. The van der Waals surface area contributed by atoms with Gasteiger partial charge in [0.2, 0.25) is 0 Å². The summed E-state index contributed by atoms with van der Waals surface area (Å²) in [6.07, 6.45) is 1.67. The number of carbonyl (C=O) groups is 1. The van der Waals surface area contributed by atoms with E-state index in [4.69, 9.17) is 10.5 Å². The maximum absolute atomic E-state index is 13.3. The third-order valence-corrected chi connectivity index (χ3v) is 3.43. The molecule has 2 N–H and O–H groups in total. The van der Waals surface area contributed by atoms with Gasteiger partial charge in [-0.1, -0.05) is 13.8 Å². The van der Waals surface area contributed by atoms with Crippen molar-refractivity contribution in [3.05, 3.63) is 29.6 Å². The largest absolute Gasteiger partial charge is 0.398 e. The third-order valence-electron chi connectivity index (χ3n) is 3.43. The highest BCUT2D eigenvalue weighted by molar-refractivity contribution is 5.99. The second-order valence-corrected chi connectivity index (χ2v) is 4.69. The number of benzene rings is 1. The number of hydrogen-bond acceptors (Lipinski definition) is 3. The number of halogens is 1. The number of anilines is 1. The van der Waals surface area contributed by atoms with Crippen molar-refractivity contribution in [1.29, 1.82) is 0 Å². The van der Waals surface area contributed by atoms with E-state index in [0.717, 1.165) is 12.8 Å². The predicted molar refractivity (Wildman–Crippen MR) is 78.1 cm³/mol. The molecule has 4 nitrogen and oxygen atoms in total. The summed E-state index contributed by atoms with van der Waals surface area (Å²) in [7, 11) is 1.59. The SMILES string of the molecule is CCC(CC)N(CCOC)C(=O)c1cc(F)ccc1N. The van der Waals surface area contributed by atoms with E-state index in [2.05, 4.69) is 0 Å². The lowest BCUT2D eigenvalue weighted by molar-refractivity contribution is 0.0590. The minimum absolute atomic E-state index is 0.0975. The molecular weight excluding hydrogens is 259 g/mol. The molecule has 0 aliphatic heterocycles. The number of hydrogen-bond donors (Lipinski definition) is 1. The summed E-state index contributed by atoms with van der Waals surface area (Å²) in [5.74, 6) is -0.702. The molecule has 0 spiro atoms. The van der Waals surface area contributed by atoms with Gasteiger partial charge in [-0.3, -0.25) is 4.79 Å². The smallest absolute Gasteiger partial charge is 0.256 e. The van der Waals surface area contributed by atoms with E-state index in [9.17, 15) is 9.18 Å². The van der Waals surface area contributed by atoms with E-state index in [1.54, 1.807) is 12.0 Å².